The molecule has 1 aliphatic rings. The highest BCUT2D eigenvalue weighted by molar-refractivity contribution is 5.95. The number of nitrogens with one attached hydrogen (secondary N) is 1. The van der Waals surface area contributed by atoms with Gasteiger partial charge in [-0.15, -0.1) is 0 Å². The number of aryl methyl sites for hydroxylation is 2. The lowest BCUT2D eigenvalue weighted by Crippen LogP contribution is -2.26. The zero-order chi connectivity index (χ0) is 19.6. The Morgan fingerprint density at radius 3 is 2.70 bits per heavy atom. The van der Waals surface area contributed by atoms with E-state index in [1.165, 1.54) is 0 Å². The summed E-state index contributed by atoms with van der Waals surface area (Å²) < 4.78 is 1.59. The minimum absolute atomic E-state index is 0.0293. The zero-order valence-electron chi connectivity index (χ0n) is 15.9. The number of anilines is 2. The van der Waals surface area contributed by atoms with E-state index in [2.05, 4.69) is 10.3 Å². The van der Waals surface area contributed by atoms with Crippen molar-refractivity contribution in [2.75, 3.05) is 16.8 Å². The first-order valence-electron chi connectivity index (χ1n) is 9.11. The van der Waals surface area contributed by atoms with Crippen molar-refractivity contribution in [3.05, 3.63) is 51.7 Å². The molecule has 0 aliphatic carbocycles. The van der Waals surface area contributed by atoms with Crippen LogP contribution in [0.2, 0.25) is 0 Å². The Kier molecular flexibility index (Phi) is 5.39. The maximum absolute atomic E-state index is 12.2. The summed E-state index contributed by atoms with van der Waals surface area (Å²) in [6, 6.07) is 7.47. The van der Waals surface area contributed by atoms with Crippen molar-refractivity contribution in [1.29, 1.82) is 0 Å². The zero-order valence-corrected chi connectivity index (χ0v) is 15.9. The van der Waals surface area contributed by atoms with Crippen LogP contribution in [0.25, 0.3) is 0 Å². The van der Waals surface area contributed by atoms with Crippen LogP contribution in [-0.2, 0) is 22.6 Å². The van der Waals surface area contributed by atoms with Crippen molar-refractivity contribution in [2.45, 2.75) is 46.6 Å². The number of rotatable bonds is 5. The van der Waals surface area contributed by atoms with Gasteiger partial charge in [-0.25, -0.2) is 4.79 Å². The van der Waals surface area contributed by atoms with Crippen molar-refractivity contribution in [1.82, 2.24) is 9.55 Å². The van der Waals surface area contributed by atoms with Crippen molar-refractivity contribution in [2.24, 2.45) is 0 Å². The molecule has 0 fully saturated rings. The maximum atomic E-state index is 12.2. The molecule has 0 saturated heterocycles. The molecule has 0 atom stereocenters. The Bertz CT molecular complexity index is 949. The number of carbonyl (C=O) groups is 2. The molecule has 7 heteroatoms. The third-order valence-electron chi connectivity index (χ3n) is 4.77. The molecule has 1 N–H and O–H groups in total. The average Bonchev–Trinajstić information content (AvgIpc) is 3.00. The standard InChI is InChI=1S/C20H24N4O3/c1-13-11-14(2)23(20(27)21-13)9-4-5-19(26)22-17-6-7-18-16(12-17)8-10-24(18)15(3)25/h6-7,11-12H,4-5,8-10H2,1-3H3,(H,22,26). The molecule has 2 aromatic rings. The van der Waals surface area contributed by atoms with Gasteiger partial charge in [-0.2, -0.15) is 4.98 Å². The van der Waals surface area contributed by atoms with Crippen LogP contribution >= 0.6 is 0 Å². The molecule has 27 heavy (non-hydrogen) atoms. The smallest absolute Gasteiger partial charge is 0.326 e. The van der Waals surface area contributed by atoms with Gasteiger partial charge < -0.3 is 10.2 Å². The molecule has 142 valence electrons. The minimum atomic E-state index is -0.276. The van der Waals surface area contributed by atoms with Crippen LogP contribution in [0.3, 0.4) is 0 Å². The van der Waals surface area contributed by atoms with Gasteiger partial charge in [0.25, 0.3) is 0 Å². The summed E-state index contributed by atoms with van der Waals surface area (Å²) >= 11 is 0. The molecule has 3 rings (SSSR count). The Morgan fingerprint density at radius 1 is 1.22 bits per heavy atom. The van der Waals surface area contributed by atoms with Gasteiger partial charge in [0.05, 0.1) is 0 Å². The number of amides is 2. The number of fused-ring (bicyclic) bond motifs is 1. The number of aromatic nitrogens is 2. The second-order valence-electron chi connectivity index (χ2n) is 6.89. The summed E-state index contributed by atoms with van der Waals surface area (Å²) in [4.78, 5) is 41.4. The highest BCUT2D eigenvalue weighted by Crippen LogP contribution is 2.30. The molecule has 0 saturated carbocycles. The van der Waals surface area contributed by atoms with Crippen LogP contribution in [0.4, 0.5) is 11.4 Å². The van der Waals surface area contributed by atoms with E-state index in [-0.39, 0.29) is 17.5 Å². The molecular weight excluding hydrogens is 344 g/mol. The van der Waals surface area contributed by atoms with Gasteiger partial charge in [-0.3, -0.25) is 14.2 Å². The van der Waals surface area contributed by atoms with Crippen molar-refractivity contribution in [3.8, 4) is 0 Å². The highest BCUT2D eigenvalue weighted by atomic mass is 16.2. The third-order valence-corrected chi connectivity index (χ3v) is 4.77. The number of hydrogen-bond acceptors (Lipinski definition) is 4. The van der Waals surface area contributed by atoms with Gasteiger partial charge in [-0.1, -0.05) is 0 Å². The lowest BCUT2D eigenvalue weighted by atomic mass is 10.1. The van der Waals surface area contributed by atoms with Crippen molar-refractivity contribution >= 4 is 23.2 Å². The molecule has 1 aliphatic heterocycles. The van der Waals surface area contributed by atoms with Gasteiger partial charge in [0, 0.05) is 49.2 Å². The molecule has 2 amide bonds. The number of nitrogens with zero attached hydrogens (tertiary/aromatic N) is 3. The summed E-state index contributed by atoms with van der Waals surface area (Å²) in [6.45, 7) is 6.36. The molecule has 0 spiro atoms. The van der Waals surface area contributed by atoms with Crippen LogP contribution in [0.1, 0.15) is 36.7 Å². The Balaban J connectivity index is 1.56. The van der Waals surface area contributed by atoms with E-state index in [0.717, 1.165) is 29.1 Å². The largest absolute Gasteiger partial charge is 0.347 e. The monoisotopic (exact) mass is 368 g/mol. The molecule has 0 radical (unpaired) electrons. The third kappa shape index (κ3) is 4.24. The van der Waals surface area contributed by atoms with E-state index in [4.69, 9.17) is 0 Å². The Hall–Kier alpha value is -2.96. The summed E-state index contributed by atoms with van der Waals surface area (Å²) in [5, 5.41) is 2.89. The van der Waals surface area contributed by atoms with E-state index in [1.807, 2.05) is 31.2 Å². The fourth-order valence-electron chi connectivity index (χ4n) is 3.47. The molecule has 0 unspecified atom stereocenters. The van der Waals surface area contributed by atoms with Crippen molar-refractivity contribution < 1.29 is 9.59 Å². The summed E-state index contributed by atoms with van der Waals surface area (Å²) in [5.74, 6) is -0.0659. The first-order chi connectivity index (χ1) is 12.8. The minimum Gasteiger partial charge on any atom is -0.326 e. The van der Waals surface area contributed by atoms with Crippen LogP contribution in [0.15, 0.2) is 29.1 Å². The van der Waals surface area contributed by atoms with E-state index in [1.54, 1.807) is 23.3 Å². The van der Waals surface area contributed by atoms with Gasteiger partial charge >= 0.3 is 5.69 Å². The van der Waals surface area contributed by atoms with Gasteiger partial charge in [0.15, 0.2) is 0 Å². The quantitative estimate of drug-likeness (QED) is 0.877. The summed E-state index contributed by atoms with van der Waals surface area (Å²) in [6.07, 6.45) is 1.66. The average molecular weight is 368 g/mol. The van der Waals surface area contributed by atoms with E-state index < -0.39 is 0 Å². The second-order valence-corrected chi connectivity index (χ2v) is 6.89. The maximum Gasteiger partial charge on any atom is 0.347 e. The first-order valence-corrected chi connectivity index (χ1v) is 9.11. The van der Waals surface area contributed by atoms with Crippen LogP contribution in [-0.4, -0.2) is 27.9 Å². The lowest BCUT2D eigenvalue weighted by molar-refractivity contribution is -0.117. The first kappa shape index (κ1) is 18.8. The predicted octanol–water partition coefficient (Wildman–Crippen LogP) is 2.19. The summed E-state index contributed by atoms with van der Waals surface area (Å²) in [5.41, 5.74) is 3.99. The van der Waals surface area contributed by atoms with Crippen LogP contribution < -0.4 is 15.9 Å². The second kappa shape index (κ2) is 7.73. The summed E-state index contributed by atoms with van der Waals surface area (Å²) in [7, 11) is 0. The van der Waals surface area contributed by atoms with E-state index in [0.29, 0.717) is 31.6 Å². The number of benzene rings is 1. The lowest BCUT2D eigenvalue weighted by Gasteiger charge is -2.15. The SMILES string of the molecule is CC(=O)N1CCc2cc(NC(=O)CCCn3c(C)cc(C)nc3=O)ccc21. The normalized spacial score (nSPS) is 12.8. The van der Waals surface area contributed by atoms with Crippen LogP contribution in [0, 0.1) is 13.8 Å². The number of carbonyl (C=O) groups excluding carboxylic acids is 2. The Labute approximate surface area is 158 Å². The predicted molar refractivity (Wildman–Crippen MR) is 104 cm³/mol. The molecule has 1 aromatic heterocycles. The molecule has 7 nitrogen and oxygen atoms in total. The fraction of sp³-hybridized carbons (Fsp3) is 0.400. The van der Waals surface area contributed by atoms with Gasteiger partial charge in [-0.05, 0) is 56.5 Å². The molecule has 2 heterocycles. The van der Waals surface area contributed by atoms with Crippen LogP contribution in [0.5, 0.6) is 0 Å². The van der Waals surface area contributed by atoms with Gasteiger partial charge in [0.2, 0.25) is 11.8 Å². The number of hydrogen-bond donors (Lipinski definition) is 1. The fourth-order valence-corrected chi connectivity index (χ4v) is 3.47. The van der Waals surface area contributed by atoms with Gasteiger partial charge in [0.1, 0.15) is 0 Å². The molecule has 1 aromatic carbocycles. The topological polar surface area (TPSA) is 84.3 Å². The van der Waals surface area contributed by atoms with E-state index >= 15 is 0 Å². The molecular formula is C20H24N4O3. The highest BCUT2D eigenvalue weighted by Gasteiger charge is 2.22. The molecule has 0 bridgehead atoms. The van der Waals surface area contributed by atoms with E-state index in [9.17, 15) is 14.4 Å². The van der Waals surface area contributed by atoms with Crippen molar-refractivity contribution in [3.63, 3.8) is 0 Å². The Morgan fingerprint density at radius 2 is 2.00 bits per heavy atom.